The van der Waals surface area contributed by atoms with E-state index in [0.29, 0.717) is 0 Å². The Balaban J connectivity index is 1.78. The Labute approximate surface area is 441 Å². The Bertz CT molecular complexity index is 2160. The fourth-order valence-electron chi connectivity index (χ4n) is 8.22. The lowest BCUT2D eigenvalue weighted by molar-refractivity contribution is -0.314. The van der Waals surface area contributed by atoms with Gasteiger partial charge in [-0.25, -0.2) is 19.2 Å². The third-order valence-corrected chi connectivity index (χ3v) is 11.4. The molecule has 14 unspecified atom stereocenters. The lowest BCUT2D eigenvalue weighted by atomic mass is 9.83. The van der Waals surface area contributed by atoms with E-state index in [4.69, 9.17) is 37.9 Å². The maximum Gasteiger partial charge on any atom is 0.408 e. The van der Waals surface area contributed by atoms with Gasteiger partial charge in [0.25, 0.3) is 11.8 Å². The fourth-order valence-corrected chi connectivity index (χ4v) is 8.22. The smallest absolute Gasteiger partial charge is 0.408 e. The monoisotopic (exact) mass is 1080 g/mol. The second-order valence-corrected chi connectivity index (χ2v) is 22.5. The number of nitrogens with zero attached hydrogens (tertiary/aromatic N) is 1. The SMILES string of the molecule is C=CC1=C(C=C)C(=O)N(CCC(O)C(=O)NC2CC(NC(=O)OC(C)(C)C)C(OC3OC(CNC(=O)OC(C)(C)C)C=CC3NC(=O)OC(C)(C)C)C(O)C2OC2OC(CO)C(O)C(NC(=O)OC(C)(C)C)C2O)C1=O. The van der Waals surface area contributed by atoms with Crippen LogP contribution in [0.5, 0.6) is 0 Å². The first-order chi connectivity index (χ1) is 35.0. The van der Waals surface area contributed by atoms with Crippen molar-refractivity contribution in [2.45, 2.75) is 204 Å². The number of imide groups is 1. The molecule has 0 aromatic rings. The van der Waals surface area contributed by atoms with Gasteiger partial charge in [-0.2, -0.15) is 0 Å². The lowest BCUT2D eigenvalue weighted by Gasteiger charge is -2.49. The van der Waals surface area contributed by atoms with Crippen molar-refractivity contribution < 1.29 is 97.0 Å². The van der Waals surface area contributed by atoms with E-state index in [1.54, 1.807) is 83.1 Å². The van der Waals surface area contributed by atoms with Crippen molar-refractivity contribution in [1.29, 1.82) is 0 Å². The number of ether oxygens (including phenoxy) is 8. The molecular formula is C50H78N6O20. The molecule has 1 aliphatic carbocycles. The first kappa shape index (κ1) is 62.8. The molecule has 7 amide bonds. The molecule has 26 heteroatoms. The van der Waals surface area contributed by atoms with Gasteiger partial charge in [-0.05, 0) is 89.5 Å². The zero-order valence-corrected chi connectivity index (χ0v) is 45.1. The number of hydrogen-bond acceptors (Lipinski definition) is 20. The third kappa shape index (κ3) is 17.9. The van der Waals surface area contributed by atoms with Crippen LogP contribution in [0.15, 0.2) is 48.6 Å². The first-order valence-corrected chi connectivity index (χ1v) is 24.8. The molecule has 3 aliphatic heterocycles. The molecule has 0 bridgehead atoms. The highest BCUT2D eigenvalue weighted by atomic mass is 16.7. The summed E-state index contributed by atoms with van der Waals surface area (Å²) < 4.78 is 46.6. The van der Waals surface area contributed by atoms with Gasteiger partial charge in [0, 0.05) is 13.0 Å². The summed E-state index contributed by atoms with van der Waals surface area (Å²) in [6.07, 6.45) is -16.9. The van der Waals surface area contributed by atoms with Gasteiger partial charge in [0.05, 0.1) is 48.5 Å². The van der Waals surface area contributed by atoms with Gasteiger partial charge in [0.2, 0.25) is 5.91 Å². The quantitative estimate of drug-likeness (QED) is 0.0545. The number of alkyl carbamates (subject to hydrolysis) is 4. The van der Waals surface area contributed by atoms with Crippen LogP contribution in [0.4, 0.5) is 19.2 Å². The average molecular weight is 1080 g/mol. The summed E-state index contributed by atoms with van der Waals surface area (Å²) in [6, 6.07) is -5.79. The number of hydrogen-bond donors (Lipinski definition) is 10. The predicted molar refractivity (Wildman–Crippen MR) is 266 cm³/mol. The van der Waals surface area contributed by atoms with Crippen LogP contribution < -0.4 is 26.6 Å². The summed E-state index contributed by atoms with van der Waals surface area (Å²) in [5.41, 5.74) is -4.00. The van der Waals surface area contributed by atoms with Crippen LogP contribution in [-0.2, 0) is 52.3 Å². The minimum Gasteiger partial charge on any atom is -0.444 e. The van der Waals surface area contributed by atoms with Gasteiger partial charge in [-0.1, -0.05) is 37.5 Å². The minimum absolute atomic E-state index is 0.0309. The lowest BCUT2D eigenvalue weighted by Crippen LogP contribution is -2.70. The Morgan fingerprint density at radius 1 is 0.671 bits per heavy atom. The van der Waals surface area contributed by atoms with Gasteiger partial charge < -0.3 is 90.0 Å². The van der Waals surface area contributed by atoms with E-state index in [1.165, 1.54) is 24.3 Å². The number of nitrogens with one attached hydrogen (secondary N) is 5. The topological polar surface area (TPSA) is 358 Å². The molecule has 76 heavy (non-hydrogen) atoms. The van der Waals surface area contributed by atoms with Gasteiger partial charge in [0.1, 0.15) is 71.2 Å². The predicted octanol–water partition coefficient (Wildman–Crippen LogP) is 0.719. The molecule has 0 spiro atoms. The average Bonchev–Trinajstić information content (AvgIpc) is 3.51. The van der Waals surface area contributed by atoms with Crippen molar-refractivity contribution in [2.75, 3.05) is 19.7 Å². The van der Waals surface area contributed by atoms with Gasteiger partial charge in [-0.15, -0.1) is 0 Å². The van der Waals surface area contributed by atoms with Crippen LogP contribution in [0, 0.1) is 0 Å². The van der Waals surface area contributed by atoms with Gasteiger partial charge in [-0.3, -0.25) is 19.3 Å². The summed E-state index contributed by atoms with van der Waals surface area (Å²) in [7, 11) is 0. The van der Waals surface area contributed by atoms with E-state index < -0.39 is 176 Å². The number of aliphatic hydroxyl groups is 5. The van der Waals surface area contributed by atoms with E-state index >= 15 is 0 Å². The van der Waals surface area contributed by atoms with E-state index in [1.807, 2.05) is 0 Å². The zero-order valence-electron chi connectivity index (χ0n) is 45.1. The summed E-state index contributed by atoms with van der Waals surface area (Å²) >= 11 is 0. The van der Waals surface area contributed by atoms with Crippen LogP contribution in [-0.4, -0.2) is 200 Å². The van der Waals surface area contributed by atoms with Gasteiger partial charge >= 0.3 is 24.4 Å². The van der Waals surface area contributed by atoms with Crippen molar-refractivity contribution in [1.82, 2.24) is 31.5 Å². The maximum absolute atomic E-state index is 14.0. The molecule has 14 atom stereocenters. The molecule has 0 radical (unpaired) electrons. The molecule has 26 nitrogen and oxygen atoms in total. The van der Waals surface area contributed by atoms with Crippen molar-refractivity contribution in [3.05, 3.63) is 48.6 Å². The molecule has 4 rings (SSSR count). The first-order valence-electron chi connectivity index (χ1n) is 24.8. The molecule has 1 saturated carbocycles. The van der Waals surface area contributed by atoms with Crippen molar-refractivity contribution in [3.63, 3.8) is 0 Å². The highest BCUT2D eigenvalue weighted by Crippen LogP contribution is 2.33. The molecule has 0 aromatic heterocycles. The van der Waals surface area contributed by atoms with Crippen molar-refractivity contribution >= 4 is 42.1 Å². The van der Waals surface area contributed by atoms with Crippen LogP contribution in [0.3, 0.4) is 0 Å². The van der Waals surface area contributed by atoms with E-state index in [0.717, 1.165) is 4.90 Å². The molecule has 3 heterocycles. The van der Waals surface area contributed by atoms with E-state index in [-0.39, 0.29) is 17.7 Å². The van der Waals surface area contributed by atoms with E-state index in [9.17, 15) is 59.1 Å². The summed E-state index contributed by atoms with van der Waals surface area (Å²) in [6.45, 7) is 24.9. The standard InChI is InChI=1S/C50H78N6O20/c1-15-25-26(16-2)40(64)56(39(25)63)20-19-30(58)38(62)52-28-21-29(54-45(67)75-49(9,10)11)37(35(61)36(28)72-42-34(60)32(33(59)31(23-57)70-42)55-46(68)76-50(12,13)14)71-41-27(53-44(66)74-48(6,7)8)18-17-24(69-41)22-51-43(65)73-47(3,4)5/h15-18,24,27-37,41-42,57-61H,1-2,19-23H2,3-14H3,(H,51,65)(H,52,62)(H,53,66)(H,54,67)(H,55,68). The van der Waals surface area contributed by atoms with Crippen molar-refractivity contribution in [3.8, 4) is 0 Å². The number of carbonyl (C=O) groups is 7. The van der Waals surface area contributed by atoms with Crippen molar-refractivity contribution in [2.24, 2.45) is 0 Å². The van der Waals surface area contributed by atoms with Crippen LogP contribution in [0.25, 0.3) is 0 Å². The van der Waals surface area contributed by atoms with Crippen LogP contribution >= 0.6 is 0 Å². The fraction of sp³-hybridized carbons (Fsp3) is 0.700. The number of amides is 7. The summed E-state index contributed by atoms with van der Waals surface area (Å²) in [4.78, 5) is 93.5. The Hall–Kier alpha value is -5.71. The molecule has 0 aromatic carbocycles. The Morgan fingerprint density at radius 2 is 1.14 bits per heavy atom. The normalized spacial score (nSPS) is 29.6. The Morgan fingerprint density at radius 3 is 1.64 bits per heavy atom. The third-order valence-electron chi connectivity index (χ3n) is 11.4. The molecule has 2 fully saturated rings. The zero-order chi connectivity index (χ0) is 57.4. The molecular weight excluding hydrogens is 1000 g/mol. The minimum atomic E-state index is -2.07. The summed E-state index contributed by atoms with van der Waals surface area (Å²) in [5, 5.41) is 69.9. The highest BCUT2D eigenvalue weighted by molar-refractivity contribution is 6.21. The van der Waals surface area contributed by atoms with E-state index in [2.05, 4.69) is 39.7 Å². The molecule has 1 saturated heterocycles. The maximum atomic E-state index is 14.0. The van der Waals surface area contributed by atoms with Crippen LogP contribution in [0.2, 0.25) is 0 Å². The second-order valence-electron chi connectivity index (χ2n) is 22.5. The summed E-state index contributed by atoms with van der Waals surface area (Å²) in [5.74, 6) is -2.61. The number of carbonyl (C=O) groups excluding carboxylic acids is 7. The number of rotatable bonds is 17. The second kappa shape index (κ2) is 25.6. The molecule has 10 N–H and O–H groups in total. The van der Waals surface area contributed by atoms with Crippen LogP contribution in [0.1, 0.15) is 95.9 Å². The molecule has 428 valence electrons. The number of aliphatic hydroxyl groups excluding tert-OH is 5. The molecule has 4 aliphatic rings. The largest absolute Gasteiger partial charge is 0.444 e. The Kier molecular flexibility index (Phi) is 21.2. The highest BCUT2D eigenvalue weighted by Gasteiger charge is 2.54. The van der Waals surface area contributed by atoms with Gasteiger partial charge in [0.15, 0.2) is 12.6 Å².